The Balaban J connectivity index is 1.15. The quantitative estimate of drug-likeness (QED) is 0.429. The van der Waals surface area contributed by atoms with Crippen LogP contribution in [0.5, 0.6) is 0 Å². The van der Waals surface area contributed by atoms with Gasteiger partial charge in [-0.15, -0.1) is 0 Å². The number of carbonyl (C=O) groups is 2. The summed E-state index contributed by atoms with van der Waals surface area (Å²) in [6.07, 6.45) is 7.41. The summed E-state index contributed by atoms with van der Waals surface area (Å²) in [5.41, 5.74) is 1.56. The molecule has 8 heteroatoms. The van der Waals surface area contributed by atoms with E-state index >= 15 is 0 Å². The largest absolute Gasteiger partial charge is 0.362 e. The minimum Gasteiger partial charge on any atom is -0.362 e. The molecule has 8 nitrogen and oxygen atoms in total. The Labute approximate surface area is 224 Å². The molecule has 2 aliphatic rings. The van der Waals surface area contributed by atoms with Crippen molar-refractivity contribution in [1.82, 2.24) is 20.6 Å². The monoisotopic (exact) mass is 514 g/mol. The van der Waals surface area contributed by atoms with Crippen LogP contribution in [-0.2, 0) is 4.79 Å². The Morgan fingerprint density at radius 1 is 0.789 bits per heavy atom. The van der Waals surface area contributed by atoms with E-state index in [1.54, 1.807) is 0 Å². The number of benzene rings is 2. The SMILES string of the molecule is CN(C)c1nc(NC2CCC(NC(=O)[C@@H]3CCCC[C@@H]3NC(=O)c3ccccc3)CC2)nc2ccccc12. The normalized spacial score (nSPS) is 23.4. The zero-order chi connectivity index (χ0) is 26.5. The highest BCUT2D eigenvalue weighted by Gasteiger charge is 2.34. The third-order valence-corrected chi connectivity index (χ3v) is 7.87. The molecule has 200 valence electrons. The molecule has 2 saturated carbocycles. The lowest BCUT2D eigenvalue weighted by molar-refractivity contribution is -0.127. The maximum Gasteiger partial charge on any atom is 0.251 e. The highest BCUT2D eigenvalue weighted by atomic mass is 16.2. The van der Waals surface area contributed by atoms with Crippen molar-refractivity contribution >= 4 is 34.5 Å². The van der Waals surface area contributed by atoms with Gasteiger partial charge in [0.15, 0.2) is 0 Å². The zero-order valence-electron chi connectivity index (χ0n) is 22.3. The lowest BCUT2D eigenvalue weighted by Crippen LogP contribution is -2.51. The van der Waals surface area contributed by atoms with Crippen molar-refractivity contribution in [2.75, 3.05) is 24.3 Å². The topological polar surface area (TPSA) is 99.3 Å². The van der Waals surface area contributed by atoms with Crippen molar-refractivity contribution in [3.8, 4) is 0 Å². The third kappa shape index (κ3) is 6.06. The number of fused-ring (bicyclic) bond motifs is 1. The lowest BCUT2D eigenvalue weighted by Gasteiger charge is -2.34. The molecule has 0 saturated heterocycles. The number of aromatic nitrogens is 2. The molecule has 1 aromatic heterocycles. The van der Waals surface area contributed by atoms with E-state index in [-0.39, 0.29) is 35.9 Å². The second kappa shape index (κ2) is 11.8. The van der Waals surface area contributed by atoms with Crippen LogP contribution in [0, 0.1) is 5.92 Å². The van der Waals surface area contributed by atoms with Crippen LogP contribution in [0.3, 0.4) is 0 Å². The van der Waals surface area contributed by atoms with Crippen molar-refractivity contribution in [2.24, 2.45) is 5.92 Å². The Morgan fingerprint density at radius 2 is 1.47 bits per heavy atom. The Kier molecular flexibility index (Phi) is 8.05. The second-order valence-electron chi connectivity index (χ2n) is 10.8. The van der Waals surface area contributed by atoms with Crippen molar-refractivity contribution in [1.29, 1.82) is 0 Å². The summed E-state index contributed by atoms with van der Waals surface area (Å²) in [4.78, 5) is 37.5. The molecule has 0 bridgehead atoms. The number of amides is 2. The number of hydrogen-bond donors (Lipinski definition) is 3. The Hall–Kier alpha value is -3.68. The van der Waals surface area contributed by atoms with Crippen molar-refractivity contribution in [2.45, 2.75) is 69.5 Å². The maximum absolute atomic E-state index is 13.3. The van der Waals surface area contributed by atoms with Crippen molar-refractivity contribution in [3.63, 3.8) is 0 Å². The molecule has 0 unspecified atom stereocenters. The number of carbonyl (C=O) groups excluding carboxylic acids is 2. The van der Waals surface area contributed by atoms with Crippen molar-refractivity contribution < 1.29 is 9.59 Å². The van der Waals surface area contributed by atoms with Gasteiger partial charge in [0.05, 0.1) is 11.4 Å². The number of nitrogens with zero attached hydrogens (tertiary/aromatic N) is 3. The molecule has 2 aromatic carbocycles. The summed E-state index contributed by atoms with van der Waals surface area (Å²) in [5, 5.41) is 11.0. The van der Waals surface area contributed by atoms with Crippen LogP contribution < -0.4 is 20.9 Å². The van der Waals surface area contributed by atoms with Gasteiger partial charge >= 0.3 is 0 Å². The van der Waals surface area contributed by atoms with E-state index < -0.39 is 0 Å². The van der Waals surface area contributed by atoms with E-state index in [0.29, 0.717) is 11.5 Å². The predicted molar refractivity (Wildman–Crippen MR) is 151 cm³/mol. The first kappa shape index (κ1) is 25.9. The average molecular weight is 515 g/mol. The van der Waals surface area contributed by atoms with Gasteiger partial charge in [-0.2, -0.15) is 4.98 Å². The predicted octanol–water partition coefficient (Wildman–Crippen LogP) is 4.52. The number of nitrogens with one attached hydrogen (secondary N) is 3. The first-order chi connectivity index (χ1) is 18.5. The van der Waals surface area contributed by atoms with Crippen molar-refractivity contribution in [3.05, 3.63) is 60.2 Å². The van der Waals surface area contributed by atoms with E-state index in [2.05, 4.69) is 16.0 Å². The minimum absolute atomic E-state index is 0.0768. The van der Waals surface area contributed by atoms with Crippen LogP contribution in [0.15, 0.2) is 54.6 Å². The molecular formula is C30H38N6O2. The molecule has 0 spiro atoms. The molecule has 2 atom stereocenters. The molecule has 2 fully saturated rings. The van der Waals surface area contributed by atoms with Gasteiger partial charge < -0.3 is 20.9 Å². The molecule has 2 aliphatic carbocycles. The molecule has 0 aliphatic heterocycles. The summed E-state index contributed by atoms with van der Waals surface area (Å²) in [5.74, 6) is 1.35. The standard InChI is InChI=1S/C30H38N6O2/c1-36(2)27-23-12-6-8-14-25(23)34-30(35-27)32-22-18-16-21(17-19-22)31-29(38)24-13-7-9-15-26(24)33-28(37)20-10-4-3-5-11-20/h3-6,8,10-12,14,21-22,24,26H,7,9,13,15-19H2,1-2H3,(H,31,38)(H,33,37)(H,32,34,35)/t21?,22?,24-,26+/m1/s1. The van der Waals surface area contributed by atoms with Gasteiger partial charge in [0.1, 0.15) is 5.82 Å². The second-order valence-corrected chi connectivity index (χ2v) is 10.8. The molecule has 38 heavy (non-hydrogen) atoms. The first-order valence-corrected chi connectivity index (χ1v) is 13.8. The van der Waals surface area contributed by atoms with Crippen LogP contribution in [-0.4, -0.2) is 54.0 Å². The average Bonchev–Trinajstić information content (AvgIpc) is 2.94. The Bertz CT molecular complexity index is 1260. The maximum atomic E-state index is 13.3. The fourth-order valence-electron chi connectivity index (χ4n) is 5.80. The number of rotatable bonds is 7. The van der Waals surface area contributed by atoms with Crippen LogP contribution in [0.1, 0.15) is 61.7 Å². The van der Waals surface area contributed by atoms with Gasteiger partial charge in [0.25, 0.3) is 5.91 Å². The third-order valence-electron chi connectivity index (χ3n) is 7.87. The van der Waals surface area contributed by atoms with Crippen LogP contribution in [0.4, 0.5) is 11.8 Å². The summed E-state index contributed by atoms with van der Waals surface area (Å²) in [6.45, 7) is 0. The molecular weight excluding hydrogens is 476 g/mol. The lowest BCUT2D eigenvalue weighted by atomic mass is 9.83. The van der Waals surface area contributed by atoms with E-state index in [9.17, 15) is 9.59 Å². The van der Waals surface area contributed by atoms with Gasteiger partial charge in [-0.05, 0) is 62.8 Å². The summed E-state index contributed by atoms with van der Waals surface area (Å²) in [6, 6.07) is 17.6. The van der Waals surface area contributed by atoms with Gasteiger partial charge in [-0.3, -0.25) is 9.59 Å². The van der Waals surface area contributed by atoms with E-state index in [1.807, 2.05) is 73.6 Å². The molecule has 2 amide bonds. The van der Waals surface area contributed by atoms with Crippen LogP contribution in [0.2, 0.25) is 0 Å². The molecule has 3 aromatic rings. The fraction of sp³-hybridized carbons (Fsp3) is 0.467. The molecule has 3 N–H and O–H groups in total. The van der Waals surface area contributed by atoms with E-state index in [0.717, 1.165) is 68.1 Å². The highest BCUT2D eigenvalue weighted by Crippen LogP contribution is 2.28. The fourth-order valence-corrected chi connectivity index (χ4v) is 5.80. The number of anilines is 2. The Morgan fingerprint density at radius 3 is 2.24 bits per heavy atom. The zero-order valence-corrected chi connectivity index (χ0v) is 22.3. The van der Waals surface area contributed by atoms with Gasteiger partial charge in [-0.1, -0.05) is 43.2 Å². The summed E-state index contributed by atoms with van der Waals surface area (Å²) < 4.78 is 0. The first-order valence-electron chi connectivity index (χ1n) is 13.8. The number of para-hydroxylation sites is 1. The smallest absolute Gasteiger partial charge is 0.251 e. The van der Waals surface area contributed by atoms with Gasteiger partial charge in [0.2, 0.25) is 11.9 Å². The molecule has 0 radical (unpaired) electrons. The summed E-state index contributed by atoms with van der Waals surface area (Å²) >= 11 is 0. The molecule has 5 rings (SSSR count). The van der Waals surface area contributed by atoms with Crippen LogP contribution >= 0.6 is 0 Å². The minimum atomic E-state index is -0.178. The van der Waals surface area contributed by atoms with E-state index in [4.69, 9.17) is 9.97 Å². The number of hydrogen-bond acceptors (Lipinski definition) is 6. The van der Waals surface area contributed by atoms with E-state index in [1.165, 1.54) is 0 Å². The van der Waals surface area contributed by atoms with Gasteiger partial charge in [-0.25, -0.2) is 4.98 Å². The van der Waals surface area contributed by atoms with Gasteiger partial charge in [0, 0.05) is 43.2 Å². The van der Waals surface area contributed by atoms with Crippen LogP contribution in [0.25, 0.3) is 10.9 Å². The highest BCUT2D eigenvalue weighted by molar-refractivity contribution is 5.95. The summed E-state index contributed by atoms with van der Waals surface area (Å²) in [7, 11) is 3.99. The molecule has 1 heterocycles.